The van der Waals surface area contributed by atoms with Crippen LogP contribution in [0.4, 0.5) is 0 Å². The molecule has 0 heterocycles. The minimum atomic E-state index is 0.352. The minimum Gasteiger partial charge on any atom is -0.383 e. The van der Waals surface area contributed by atoms with Crippen LogP contribution in [0.5, 0.6) is 0 Å². The first-order chi connectivity index (χ1) is 10.0. The largest absolute Gasteiger partial charge is 0.383 e. The Hall–Kier alpha value is -0.900. The molecule has 2 unspecified atom stereocenters. The first-order valence-electron chi connectivity index (χ1n) is 8.03. The summed E-state index contributed by atoms with van der Waals surface area (Å²) < 4.78 is 5.29. The molecule has 3 heteroatoms. The Labute approximate surface area is 130 Å². The van der Waals surface area contributed by atoms with E-state index in [1.807, 2.05) is 7.05 Å². The highest BCUT2D eigenvalue weighted by molar-refractivity contribution is 5.27. The average molecular weight is 292 g/mol. The number of ether oxygens (including phenoxy) is 1. The predicted octanol–water partition coefficient (Wildman–Crippen LogP) is 3.43. The summed E-state index contributed by atoms with van der Waals surface area (Å²) >= 11 is 0. The fraction of sp³-hybridized carbons (Fsp3) is 0.667. The van der Waals surface area contributed by atoms with Gasteiger partial charge in [-0.1, -0.05) is 45.0 Å². The highest BCUT2D eigenvalue weighted by atomic mass is 16.5. The number of rotatable bonds is 9. The summed E-state index contributed by atoms with van der Waals surface area (Å²) in [4.78, 5) is 2.46. The van der Waals surface area contributed by atoms with E-state index in [0.29, 0.717) is 18.0 Å². The van der Waals surface area contributed by atoms with Gasteiger partial charge in [-0.3, -0.25) is 4.90 Å². The molecule has 21 heavy (non-hydrogen) atoms. The van der Waals surface area contributed by atoms with Crippen LogP contribution < -0.4 is 5.32 Å². The molecule has 0 saturated heterocycles. The number of nitrogens with zero attached hydrogens (tertiary/aromatic N) is 1. The van der Waals surface area contributed by atoms with Crippen molar-refractivity contribution in [1.29, 1.82) is 0 Å². The summed E-state index contributed by atoms with van der Waals surface area (Å²) in [6.07, 6.45) is 0. The molecule has 3 nitrogen and oxygen atoms in total. The number of methoxy groups -OCH3 is 1. The number of likely N-dealkylation sites (N-methyl/N-ethyl adjacent to an activating group) is 2. The summed E-state index contributed by atoms with van der Waals surface area (Å²) in [5, 5.41) is 3.45. The molecule has 0 radical (unpaired) electrons. The third kappa shape index (κ3) is 5.42. The van der Waals surface area contributed by atoms with Crippen molar-refractivity contribution in [2.45, 2.75) is 45.7 Å². The van der Waals surface area contributed by atoms with Gasteiger partial charge in [0.25, 0.3) is 0 Å². The highest BCUT2D eigenvalue weighted by Crippen LogP contribution is 2.20. The lowest BCUT2D eigenvalue weighted by Gasteiger charge is -2.31. The summed E-state index contributed by atoms with van der Waals surface area (Å²) in [5.74, 6) is 0.584. The van der Waals surface area contributed by atoms with Crippen molar-refractivity contribution in [2.24, 2.45) is 0 Å². The molecule has 0 aliphatic rings. The molecule has 0 saturated carbocycles. The van der Waals surface area contributed by atoms with Crippen LogP contribution in [0, 0.1) is 0 Å². The second kappa shape index (κ2) is 9.19. The highest BCUT2D eigenvalue weighted by Gasteiger charge is 2.18. The maximum atomic E-state index is 5.29. The summed E-state index contributed by atoms with van der Waals surface area (Å²) in [5.41, 5.74) is 2.75. The molecule has 2 atom stereocenters. The van der Waals surface area contributed by atoms with Crippen LogP contribution in [0.25, 0.3) is 0 Å². The molecule has 0 aliphatic carbocycles. The Morgan fingerprint density at radius 3 is 2.10 bits per heavy atom. The molecule has 1 N–H and O–H groups in total. The lowest BCUT2D eigenvalue weighted by atomic mass is 9.98. The Morgan fingerprint density at radius 2 is 1.67 bits per heavy atom. The summed E-state index contributed by atoms with van der Waals surface area (Å²) in [6, 6.07) is 9.80. The fourth-order valence-corrected chi connectivity index (χ4v) is 2.68. The predicted molar refractivity (Wildman–Crippen MR) is 90.9 cm³/mol. The van der Waals surface area contributed by atoms with Gasteiger partial charge in [0.2, 0.25) is 0 Å². The molecule has 0 aromatic heterocycles. The molecule has 0 bridgehead atoms. The minimum absolute atomic E-state index is 0.352. The molecule has 0 aliphatic heterocycles. The van der Waals surface area contributed by atoms with Crippen molar-refractivity contribution < 1.29 is 4.74 Å². The maximum Gasteiger partial charge on any atom is 0.0615 e. The zero-order valence-electron chi connectivity index (χ0n) is 14.5. The van der Waals surface area contributed by atoms with E-state index in [9.17, 15) is 0 Å². The van der Waals surface area contributed by atoms with Crippen molar-refractivity contribution in [1.82, 2.24) is 10.2 Å². The molecular formula is C18H32N2O. The maximum absolute atomic E-state index is 5.29. The van der Waals surface area contributed by atoms with Crippen LogP contribution in [0.1, 0.15) is 50.8 Å². The van der Waals surface area contributed by atoms with Crippen LogP contribution in [-0.4, -0.2) is 44.8 Å². The van der Waals surface area contributed by atoms with E-state index >= 15 is 0 Å². The molecule has 1 aromatic rings. The van der Waals surface area contributed by atoms with Gasteiger partial charge in [-0.05, 0) is 37.6 Å². The van der Waals surface area contributed by atoms with E-state index in [2.05, 4.69) is 62.2 Å². The topological polar surface area (TPSA) is 24.5 Å². The van der Waals surface area contributed by atoms with Crippen molar-refractivity contribution in [2.75, 3.05) is 33.9 Å². The average Bonchev–Trinajstić information content (AvgIpc) is 2.49. The van der Waals surface area contributed by atoms with Gasteiger partial charge >= 0.3 is 0 Å². The molecule has 120 valence electrons. The monoisotopic (exact) mass is 292 g/mol. The molecule has 1 rings (SSSR count). The Kier molecular flexibility index (Phi) is 7.94. The van der Waals surface area contributed by atoms with Crippen molar-refractivity contribution in [3.63, 3.8) is 0 Å². The Morgan fingerprint density at radius 1 is 1.10 bits per heavy atom. The quantitative estimate of drug-likeness (QED) is 0.754. The van der Waals surface area contributed by atoms with E-state index in [4.69, 9.17) is 4.74 Å². The van der Waals surface area contributed by atoms with Crippen LogP contribution in [-0.2, 0) is 4.74 Å². The van der Waals surface area contributed by atoms with Gasteiger partial charge in [-0.2, -0.15) is 0 Å². The van der Waals surface area contributed by atoms with E-state index in [-0.39, 0.29) is 0 Å². The number of nitrogens with one attached hydrogen (secondary N) is 1. The summed E-state index contributed by atoms with van der Waals surface area (Å²) in [7, 11) is 3.81. The van der Waals surface area contributed by atoms with Gasteiger partial charge < -0.3 is 10.1 Å². The van der Waals surface area contributed by atoms with E-state index in [1.165, 1.54) is 11.1 Å². The fourth-order valence-electron chi connectivity index (χ4n) is 2.68. The van der Waals surface area contributed by atoms with Gasteiger partial charge in [0.15, 0.2) is 0 Å². The lowest BCUT2D eigenvalue weighted by molar-refractivity contribution is 0.0963. The SMILES string of the molecule is CCN(CC(NC)c1ccc(C(C)C)cc1)C(C)COC. The first-order valence-corrected chi connectivity index (χ1v) is 8.03. The first kappa shape index (κ1) is 18.1. The number of hydrogen-bond acceptors (Lipinski definition) is 3. The molecule has 0 spiro atoms. The van der Waals surface area contributed by atoms with Gasteiger partial charge in [-0.25, -0.2) is 0 Å². The van der Waals surface area contributed by atoms with Crippen LogP contribution in [0.3, 0.4) is 0 Å². The van der Waals surface area contributed by atoms with Crippen molar-refractivity contribution in [3.05, 3.63) is 35.4 Å². The Bertz CT molecular complexity index is 389. The number of benzene rings is 1. The molecule has 0 fully saturated rings. The van der Waals surface area contributed by atoms with Crippen LogP contribution in [0.15, 0.2) is 24.3 Å². The molecule has 1 aromatic carbocycles. The second-order valence-electron chi connectivity index (χ2n) is 6.05. The van der Waals surface area contributed by atoms with Gasteiger partial charge in [0.05, 0.1) is 6.61 Å². The van der Waals surface area contributed by atoms with Gasteiger partial charge in [0, 0.05) is 25.7 Å². The van der Waals surface area contributed by atoms with Crippen molar-refractivity contribution >= 4 is 0 Å². The van der Waals surface area contributed by atoms with Crippen molar-refractivity contribution in [3.8, 4) is 0 Å². The van der Waals surface area contributed by atoms with E-state index in [0.717, 1.165) is 19.7 Å². The van der Waals surface area contributed by atoms with E-state index < -0.39 is 0 Å². The lowest BCUT2D eigenvalue weighted by Crippen LogP contribution is -2.41. The zero-order chi connectivity index (χ0) is 15.8. The van der Waals surface area contributed by atoms with Gasteiger partial charge in [-0.15, -0.1) is 0 Å². The Balaban J connectivity index is 2.77. The zero-order valence-corrected chi connectivity index (χ0v) is 14.5. The normalized spacial score (nSPS) is 14.7. The summed E-state index contributed by atoms with van der Waals surface area (Å²) in [6.45, 7) is 11.7. The van der Waals surface area contributed by atoms with Crippen LogP contribution in [0.2, 0.25) is 0 Å². The number of hydrogen-bond donors (Lipinski definition) is 1. The third-order valence-corrected chi connectivity index (χ3v) is 4.21. The molecular weight excluding hydrogens is 260 g/mol. The van der Waals surface area contributed by atoms with Crippen LogP contribution >= 0.6 is 0 Å². The molecule has 0 amide bonds. The van der Waals surface area contributed by atoms with E-state index in [1.54, 1.807) is 7.11 Å². The third-order valence-electron chi connectivity index (χ3n) is 4.21. The standard InChI is InChI=1S/C18H32N2O/c1-7-20(15(4)13-21-6)12-18(19-5)17-10-8-16(9-11-17)14(2)3/h8-11,14-15,18-19H,7,12-13H2,1-6H3. The van der Waals surface area contributed by atoms with Gasteiger partial charge in [0.1, 0.15) is 0 Å². The second-order valence-corrected chi connectivity index (χ2v) is 6.05. The smallest absolute Gasteiger partial charge is 0.0615 e.